The van der Waals surface area contributed by atoms with Gasteiger partial charge in [0.05, 0.1) is 0 Å². The standard InChI is InChI=1S/C8H15NO2S/c1-5(2)6-3-12-4-7(9-6)8(10)11/h5-7,9H,3-4H2,1-2H3,(H,10,11). The number of hydrogen-bond acceptors (Lipinski definition) is 3. The molecule has 1 aliphatic heterocycles. The van der Waals surface area contributed by atoms with Crippen LogP contribution in [0.3, 0.4) is 0 Å². The SMILES string of the molecule is CC(C)C1CSCC(C(=O)O)N1. The average Bonchev–Trinajstić information content (AvgIpc) is 2.04. The third kappa shape index (κ3) is 2.38. The van der Waals surface area contributed by atoms with Gasteiger partial charge in [-0.3, -0.25) is 10.1 Å². The fourth-order valence-corrected chi connectivity index (χ4v) is 2.54. The number of hydrogen-bond donors (Lipinski definition) is 2. The van der Waals surface area contributed by atoms with Crippen LogP contribution in [-0.4, -0.2) is 34.7 Å². The second kappa shape index (κ2) is 4.14. The highest BCUT2D eigenvalue weighted by molar-refractivity contribution is 7.99. The number of rotatable bonds is 2. The Hall–Kier alpha value is -0.220. The summed E-state index contributed by atoms with van der Waals surface area (Å²) in [6, 6.07) is 0.000926. The summed E-state index contributed by atoms with van der Waals surface area (Å²) in [4.78, 5) is 10.6. The molecule has 0 aromatic rings. The molecule has 2 atom stereocenters. The van der Waals surface area contributed by atoms with Gasteiger partial charge in [0.1, 0.15) is 6.04 Å². The number of nitrogens with one attached hydrogen (secondary N) is 1. The van der Waals surface area contributed by atoms with Crippen molar-refractivity contribution < 1.29 is 9.90 Å². The topological polar surface area (TPSA) is 49.3 Å². The van der Waals surface area contributed by atoms with Crippen LogP contribution in [0.1, 0.15) is 13.8 Å². The third-order valence-corrected chi connectivity index (χ3v) is 3.26. The van der Waals surface area contributed by atoms with Gasteiger partial charge in [-0.1, -0.05) is 13.8 Å². The van der Waals surface area contributed by atoms with Gasteiger partial charge < -0.3 is 5.11 Å². The minimum absolute atomic E-state index is 0.351. The zero-order chi connectivity index (χ0) is 9.14. The molecule has 2 unspecified atom stereocenters. The van der Waals surface area contributed by atoms with Gasteiger partial charge in [0.25, 0.3) is 0 Å². The lowest BCUT2D eigenvalue weighted by Gasteiger charge is -2.30. The first kappa shape index (κ1) is 9.86. The van der Waals surface area contributed by atoms with Crippen molar-refractivity contribution in [2.24, 2.45) is 5.92 Å². The molecule has 1 fully saturated rings. The number of thioether (sulfide) groups is 1. The van der Waals surface area contributed by atoms with Gasteiger partial charge >= 0.3 is 5.97 Å². The molecular formula is C8H15NO2S. The Morgan fingerprint density at radius 1 is 1.58 bits per heavy atom. The Labute approximate surface area is 76.9 Å². The first-order valence-electron chi connectivity index (χ1n) is 4.18. The summed E-state index contributed by atoms with van der Waals surface area (Å²) in [5.41, 5.74) is 0. The first-order valence-corrected chi connectivity index (χ1v) is 5.33. The average molecular weight is 189 g/mol. The van der Waals surface area contributed by atoms with E-state index in [2.05, 4.69) is 19.2 Å². The van der Waals surface area contributed by atoms with Crippen LogP contribution in [0.15, 0.2) is 0 Å². The van der Waals surface area contributed by atoms with Crippen LogP contribution < -0.4 is 5.32 Å². The quantitative estimate of drug-likeness (QED) is 0.674. The first-order chi connectivity index (χ1) is 5.61. The second-order valence-corrected chi connectivity index (χ2v) is 4.52. The van der Waals surface area contributed by atoms with Crippen molar-refractivity contribution in [3.63, 3.8) is 0 Å². The summed E-state index contributed by atoms with van der Waals surface area (Å²) in [6.07, 6.45) is 0. The number of carbonyl (C=O) groups is 1. The summed E-state index contributed by atoms with van der Waals surface area (Å²) in [5.74, 6) is 1.51. The predicted octanol–water partition coefficient (Wildman–Crippen LogP) is 0.801. The van der Waals surface area contributed by atoms with E-state index in [1.54, 1.807) is 11.8 Å². The summed E-state index contributed by atoms with van der Waals surface area (Å²) >= 11 is 1.72. The van der Waals surface area contributed by atoms with E-state index in [4.69, 9.17) is 5.11 Å². The van der Waals surface area contributed by atoms with E-state index in [0.29, 0.717) is 17.7 Å². The zero-order valence-corrected chi connectivity index (χ0v) is 8.23. The number of carboxylic acid groups (broad SMARTS) is 1. The van der Waals surface area contributed by atoms with E-state index in [1.165, 1.54) is 0 Å². The van der Waals surface area contributed by atoms with E-state index in [1.807, 2.05) is 0 Å². The maximum absolute atomic E-state index is 10.6. The van der Waals surface area contributed by atoms with Crippen molar-refractivity contribution >= 4 is 17.7 Å². The molecule has 1 heterocycles. The molecule has 1 aliphatic rings. The van der Waals surface area contributed by atoms with Crippen LogP contribution in [0.5, 0.6) is 0 Å². The highest BCUT2D eigenvalue weighted by atomic mass is 32.2. The minimum Gasteiger partial charge on any atom is -0.480 e. The van der Waals surface area contributed by atoms with Crippen molar-refractivity contribution in [1.29, 1.82) is 0 Å². The van der Waals surface area contributed by atoms with Crippen LogP contribution in [0.2, 0.25) is 0 Å². The largest absolute Gasteiger partial charge is 0.480 e. The highest BCUT2D eigenvalue weighted by Gasteiger charge is 2.27. The molecule has 70 valence electrons. The molecule has 0 aliphatic carbocycles. The molecule has 12 heavy (non-hydrogen) atoms. The van der Waals surface area contributed by atoms with E-state index in [0.717, 1.165) is 5.75 Å². The van der Waals surface area contributed by atoms with Gasteiger partial charge in [-0.2, -0.15) is 11.8 Å². The van der Waals surface area contributed by atoms with Crippen molar-refractivity contribution in [2.45, 2.75) is 25.9 Å². The van der Waals surface area contributed by atoms with E-state index in [-0.39, 0.29) is 6.04 Å². The number of carboxylic acids is 1. The lowest BCUT2D eigenvalue weighted by atomic mass is 10.1. The summed E-state index contributed by atoms with van der Waals surface area (Å²) in [7, 11) is 0. The van der Waals surface area contributed by atoms with Crippen molar-refractivity contribution in [2.75, 3.05) is 11.5 Å². The monoisotopic (exact) mass is 189 g/mol. The Balaban J connectivity index is 2.46. The molecule has 0 amide bonds. The van der Waals surface area contributed by atoms with Crippen LogP contribution >= 0.6 is 11.8 Å². The maximum Gasteiger partial charge on any atom is 0.321 e. The molecule has 3 nitrogen and oxygen atoms in total. The van der Waals surface area contributed by atoms with Crippen molar-refractivity contribution in [1.82, 2.24) is 5.32 Å². The maximum atomic E-state index is 10.6. The molecule has 0 aromatic carbocycles. The molecular weight excluding hydrogens is 174 g/mol. The van der Waals surface area contributed by atoms with Gasteiger partial charge in [-0.15, -0.1) is 0 Å². The molecule has 0 bridgehead atoms. The summed E-state index contributed by atoms with van der Waals surface area (Å²) < 4.78 is 0. The molecule has 0 saturated carbocycles. The van der Waals surface area contributed by atoms with Crippen LogP contribution in [-0.2, 0) is 4.79 Å². The molecule has 2 N–H and O–H groups in total. The van der Waals surface area contributed by atoms with Crippen LogP contribution in [0.25, 0.3) is 0 Å². The molecule has 0 radical (unpaired) electrons. The third-order valence-electron chi connectivity index (χ3n) is 2.10. The Morgan fingerprint density at radius 3 is 2.75 bits per heavy atom. The van der Waals surface area contributed by atoms with Gasteiger partial charge in [0.15, 0.2) is 0 Å². The van der Waals surface area contributed by atoms with Crippen molar-refractivity contribution in [3.05, 3.63) is 0 Å². The second-order valence-electron chi connectivity index (χ2n) is 3.45. The summed E-state index contributed by atoms with van der Waals surface area (Å²) in [6.45, 7) is 4.23. The molecule has 0 spiro atoms. The van der Waals surface area contributed by atoms with Gasteiger partial charge in [-0.25, -0.2) is 0 Å². The smallest absolute Gasteiger partial charge is 0.321 e. The molecule has 1 rings (SSSR count). The Morgan fingerprint density at radius 2 is 2.25 bits per heavy atom. The Kier molecular flexibility index (Phi) is 3.40. The van der Waals surface area contributed by atoms with Gasteiger partial charge in [0.2, 0.25) is 0 Å². The van der Waals surface area contributed by atoms with E-state index < -0.39 is 5.97 Å². The van der Waals surface area contributed by atoms with Gasteiger partial charge in [0, 0.05) is 17.5 Å². The van der Waals surface area contributed by atoms with Crippen molar-refractivity contribution in [3.8, 4) is 0 Å². The van der Waals surface area contributed by atoms with E-state index in [9.17, 15) is 4.79 Å². The van der Waals surface area contributed by atoms with Crippen LogP contribution in [0, 0.1) is 5.92 Å². The predicted molar refractivity (Wildman–Crippen MR) is 50.5 cm³/mol. The highest BCUT2D eigenvalue weighted by Crippen LogP contribution is 2.17. The molecule has 1 saturated heterocycles. The van der Waals surface area contributed by atoms with Gasteiger partial charge in [-0.05, 0) is 5.92 Å². The fraction of sp³-hybridized carbons (Fsp3) is 0.875. The normalized spacial score (nSPS) is 30.6. The minimum atomic E-state index is -0.729. The number of aliphatic carboxylic acids is 1. The lowest BCUT2D eigenvalue weighted by molar-refractivity contribution is -0.139. The zero-order valence-electron chi connectivity index (χ0n) is 7.41. The lowest BCUT2D eigenvalue weighted by Crippen LogP contribution is -2.51. The Bertz CT molecular complexity index is 172. The molecule has 0 aromatic heterocycles. The van der Waals surface area contributed by atoms with E-state index >= 15 is 0 Å². The molecule has 4 heteroatoms. The summed E-state index contributed by atoms with van der Waals surface area (Å²) in [5, 5.41) is 11.9. The van der Waals surface area contributed by atoms with Crippen LogP contribution in [0.4, 0.5) is 0 Å². The fourth-order valence-electron chi connectivity index (χ4n) is 1.19.